The van der Waals surface area contributed by atoms with Gasteiger partial charge in [-0.3, -0.25) is 4.79 Å². The van der Waals surface area contributed by atoms with Crippen LogP contribution < -0.4 is 5.73 Å². The fraction of sp³-hybridized carbons (Fsp3) is 0.875. The van der Waals surface area contributed by atoms with Crippen molar-refractivity contribution in [1.82, 2.24) is 0 Å². The lowest BCUT2D eigenvalue weighted by Gasteiger charge is -2.20. The molecule has 13 heavy (non-hydrogen) atoms. The third kappa shape index (κ3) is 5.52. The Labute approximate surface area is 75.9 Å². The molecule has 0 aromatic carbocycles. The molecule has 0 rings (SSSR count). The SMILES string of the molecule is CC(C)CC(F)(F)CC(N)C(=O)O. The zero-order chi connectivity index (χ0) is 10.6. The van der Waals surface area contributed by atoms with E-state index in [4.69, 9.17) is 10.8 Å². The quantitative estimate of drug-likeness (QED) is 0.698. The van der Waals surface area contributed by atoms with Crippen LogP contribution in [0.3, 0.4) is 0 Å². The molecule has 0 aliphatic rings. The molecular formula is C8H15F2NO2. The molecule has 5 heteroatoms. The highest BCUT2D eigenvalue weighted by Crippen LogP contribution is 2.27. The van der Waals surface area contributed by atoms with Gasteiger partial charge in [0.15, 0.2) is 0 Å². The molecule has 0 amide bonds. The van der Waals surface area contributed by atoms with Crippen LogP contribution in [0.25, 0.3) is 0 Å². The van der Waals surface area contributed by atoms with Crippen LogP contribution in [0.5, 0.6) is 0 Å². The third-order valence-corrected chi connectivity index (χ3v) is 1.54. The summed E-state index contributed by atoms with van der Waals surface area (Å²) >= 11 is 0. The Morgan fingerprint density at radius 1 is 1.46 bits per heavy atom. The summed E-state index contributed by atoms with van der Waals surface area (Å²) in [7, 11) is 0. The summed E-state index contributed by atoms with van der Waals surface area (Å²) in [5, 5.41) is 8.32. The van der Waals surface area contributed by atoms with Crippen LogP contribution >= 0.6 is 0 Å². The summed E-state index contributed by atoms with van der Waals surface area (Å²) < 4.78 is 25.9. The van der Waals surface area contributed by atoms with E-state index < -0.39 is 24.4 Å². The van der Waals surface area contributed by atoms with Gasteiger partial charge in [0.25, 0.3) is 5.92 Å². The Bertz CT molecular complexity index is 183. The van der Waals surface area contributed by atoms with E-state index in [2.05, 4.69) is 0 Å². The smallest absolute Gasteiger partial charge is 0.320 e. The predicted octanol–water partition coefficient (Wildman–Crippen LogP) is 1.47. The molecule has 0 saturated heterocycles. The van der Waals surface area contributed by atoms with Gasteiger partial charge in [-0.2, -0.15) is 0 Å². The Hall–Kier alpha value is -0.710. The molecule has 3 nitrogen and oxygen atoms in total. The highest BCUT2D eigenvalue weighted by molar-refractivity contribution is 5.73. The van der Waals surface area contributed by atoms with Crippen molar-refractivity contribution in [3.05, 3.63) is 0 Å². The molecular weight excluding hydrogens is 180 g/mol. The minimum atomic E-state index is -2.98. The van der Waals surface area contributed by atoms with Crippen molar-refractivity contribution >= 4 is 5.97 Å². The summed E-state index contributed by atoms with van der Waals surface area (Å²) in [6, 6.07) is -1.48. The van der Waals surface area contributed by atoms with Gasteiger partial charge >= 0.3 is 5.97 Å². The Morgan fingerprint density at radius 3 is 2.23 bits per heavy atom. The second-order valence-electron chi connectivity index (χ2n) is 3.60. The van der Waals surface area contributed by atoms with Gasteiger partial charge in [0.1, 0.15) is 6.04 Å². The maximum atomic E-state index is 12.9. The molecule has 0 radical (unpaired) electrons. The number of hydrogen-bond donors (Lipinski definition) is 2. The number of hydrogen-bond acceptors (Lipinski definition) is 2. The van der Waals surface area contributed by atoms with Crippen LogP contribution in [-0.2, 0) is 4.79 Å². The highest BCUT2D eigenvalue weighted by atomic mass is 19.3. The van der Waals surface area contributed by atoms with Crippen LogP contribution in [-0.4, -0.2) is 23.0 Å². The standard InChI is InChI=1S/C8H15F2NO2/c1-5(2)3-8(9,10)4-6(11)7(12)13/h5-6H,3-4,11H2,1-2H3,(H,12,13). The summed E-state index contributed by atoms with van der Waals surface area (Å²) in [5.41, 5.74) is 5.00. The van der Waals surface area contributed by atoms with Crippen LogP contribution in [0.15, 0.2) is 0 Å². The molecule has 0 heterocycles. The molecule has 1 atom stereocenters. The van der Waals surface area contributed by atoms with Gasteiger partial charge < -0.3 is 10.8 Å². The maximum Gasteiger partial charge on any atom is 0.320 e. The first kappa shape index (κ1) is 12.3. The van der Waals surface area contributed by atoms with E-state index in [0.29, 0.717) is 0 Å². The molecule has 0 aliphatic heterocycles. The molecule has 78 valence electrons. The molecule has 0 bridgehead atoms. The van der Waals surface area contributed by atoms with Gasteiger partial charge in [-0.25, -0.2) is 8.78 Å². The first-order valence-electron chi connectivity index (χ1n) is 4.11. The van der Waals surface area contributed by atoms with E-state index in [1.165, 1.54) is 0 Å². The monoisotopic (exact) mass is 195 g/mol. The second-order valence-corrected chi connectivity index (χ2v) is 3.60. The molecule has 3 N–H and O–H groups in total. The summed E-state index contributed by atoms with van der Waals surface area (Å²) in [6.07, 6.45) is -1.12. The molecule has 1 unspecified atom stereocenters. The number of nitrogens with two attached hydrogens (primary N) is 1. The number of halogens is 2. The lowest BCUT2D eigenvalue weighted by molar-refractivity contribution is -0.141. The van der Waals surface area contributed by atoms with E-state index >= 15 is 0 Å². The van der Waals surface area contributed by atoms with Gasteiger partial charge in [0.05, 0.1) is 0 Å². The van der Waals surface area contributed by atoms with Gasteiger partial charge in [-0.1, -0.05) is 13.8 Å². The number of alkyl halides is 2. The summed E-state index contributed by atoms with van der Waals surface area (Å²) in [6.45, 7) is 3.31. The summed E-state index contributed by atoms with van der Waals surface area (Å²) in [4.78, 5) is 10.2. The Kier molecular flexibility index (Phi) is 4.26. The minimum Gasteiger partial charge on any atom is -0.480 e. The fourth-order valence-corrected chi connectivity index (χ4v) is 1.09. The number of carbonyl (C=O) groups is 1. The average molecular weight is 195 g/mol. The summed E-state index contributed by atoms with van der Waals surface area (Å²) in [5.74, 6) is -4.54. The first-order chi connectivity index (χ1) is 5.74. The van der Waals surface area contributed by atoms with Crippen LogP contribution in [0.1, 0.15) is 26.7 Å². The molecule has 0 aliphatic carbocycles. The van der Waals surface area contributed by atoms with Gasteiger partial charge in [0, 0.05) is 12.8 Å². The van der Waals surface area contributed by atoms with Gasteiger partial charge in [0.2, 0.25) is 0 Å². The van der Waals surface area contributed by atoms with Crippen molar-refractivity contribution in [2.75, 3.05) is 0 Å². The van der Waals surface area contributed by atoms with Crippen molar-refractivity contribution in [3.63, 3.8) is 0 Å². The second kappa shape index (κ2) is 4.50. The van der Waals surface area contributed by atoms with Crippen LogP contribution in [0.2, 0.25) is 0 Å². The van der Waals surface area contributed by atoms with Crippen LogP contribution in [0.4, 0.5) is 8.78 Å². The van der Waals surface area contributed by atoms with E-state index in [0.717, 1.165) is 0 Å². The van der Waals surface area contributed by atoms with Crippen molar-refractivity contribution in [2.24, 2.45) is 11.7 Å². The number of carboxylic acids is 1. The minimum absolute atomic E-state index is 0.170. The average Bonchev–Trinajstić information content (AvgIpc) is 1.81. The molecule has 0 saturated carbocycles. The Balaban J connectivity index is 4.08. The van der Waals surface area contributed by atoms with Crippen LogP contribution in [0, 0.1) is 5.92 Å². The van der Waals surface area contributed by atoms with Gasteiger partial charge in [-0.05, 0) is 5.92 Å². The lowest BCUT2D eigenvalue weighted by Crippen LogP contribution is -2.37. The Morgan fingerprint density at radius 2 is 1.92 bits per heavy atom. The molecule has 0 aromatic heterocycles. The van der Waals surface area contributed by atoms with Crippen molar-refractivity contribution in [3.8, 4) is 0 Å². The van der Waals surface area contributed by atoms with E-state index in [-0.39, 0.29) is 12.3 Å². The van der Waals surface area contributed by atoms with E-state index in [9.17, 15) is 13.6 Å². The largest absolute Gasteiger partial charge is 0.480 e. The molecule has 0 fully saturated rings. The zero-order valence-electron chi connectivity index (χ0n) is 7.76. The van der Waals surface area contributed by atoms with E-state index in [1.807, 2.05) is 0 Å². The van der Waals surface area contributed by atoms with Crippen molar-refractivity contribution in [1.29, 1.82) is 0 Å². The lowest BCUT2D eigenvalue weighted by atomic mass is 9.99. The predicted molar refractivity (Wildman–Crippen MR) is 44.6 cm³/mol. The van der Waals surface area contributed by atoms with Gasteiger partial charge in [-0.15, -0.1) is 0 Å². The number of aliphatic carboxylic acids is 1. The fourth-order valence-electron chi connectivity index (χ4n) is 1.09. The normalized spacial score (nSPS) is 14.6. The highest BCUT2D eigenvalue weighted by Gasteiger charge is 2.34. The third-order valence-electron chi connectivity index (χ3n) is 1.54. The van der Waals surface area contributed by atoms with E-state index in [1.54, 1.807) is 13.8 Å². The molecule has 0 spiro atoms. The first-order valence-corrected chi connectivity index (χ1v) is 4.11. The number of rotatable bonds is 5. The zero-order valence-corrected chi connectivity index (χ0v) is 7.76. The van der Waals surface area contributed by atoms with Crippen molar-refractivity contribution < 1.29 is 18.7 Å². The topological polar surface area (TPSA) is 63.3 Å². The maximum absolute atomic E-state index is 12.9. The number of carboxylic acid groups (broad SMARTS) is 1. The van der Waals surface area contributed by atoms with Crippen molar-refractivity contribution in [2.45, 2.75) is 38.7 Å². The molecule has 0 aromatic rings.